The Bertz CT molecular complexity index is 605. The zero-order valence-corrected chi connectivity index (χ0v) is 14.9. The van der Waals surface area contributed by atoms with Crippen molar-refractivity contribution in [2.24, 2.45) is 5.92 Å². The quantitative estimate of drug-likeness (QED) is 0.662. The second-order valence-corrected chi connectivity index (χ2v) is 7.49. The molecule has 1 amide bonds. The second kappa shape index (κ2) is 8.30. The Morgan fingerprint density at radius 1 is 1.35 bits per heavy atom. The van der Waals surface area contributed by atoms with Crippen molar-refractivity contribution in [3.05, 3.63) is 17.1 Å². The highest BCUT2D eigenvalue weighted by Gasteiger charge is 2.21. The summed E-state index contributed by atoms with van der Waals surface area (Å²) in [7, 11) is 0. The van der Waals surface area contributed by atoms with Crippen molar-refractivity contribution in [3.63, 3.8) is 0 Å². The molecule has 1 heterocycles. The summed E-state index contributed by atoms with van der Waals surface area (Å²) >= 11 is 1.33. The summed E-state index contributed by atoms with van der Waals surface area (Å²) in [5.41, 5.74) is 1.13. The summed E-state index contributed by atoms with van der Waals surface area (Å²) in [5.74, 6) is 1.25. The van der Waals surface area contributed by atoms with E-state index < -0.39 is 0 Å². The topological polar surface area (TPSA) is 78.7 Å². The molecule has 0 aliphatic heterocycles. The van der Waals surface area contributed by atoms with E-state index in [1.54, 1.807) is 13.8 Å². The van der Waals surface area contributed by atoms with Crippen molar-refractivity contribution < 1.29 is 4.79 Å². The minimum atomic E-state index is -0.278. The number of hydrogen-bond acceptors (Lipinski definition) is 5. The Balaban J connectivity index is 1.94. The molecule has 1 unspecified atom stereocenters. The van der Waals surface area contributed by atoms with Crippen LogP contribution >= 0.6 is 11.8 Å². The van der Waals surface area contributed by atoms with Crippen molar-refractivity contribution in [2.75, 3.05) is 6.54 Å². The molecular formula is C17H24N4OS. The standard InChI is InChI=1S/C17H24N4OS/c1-11-15(9-18)17(21-13(3)20-11)23-12(2)16(22)19-10-14-7-5-4-6-8-14/h12,14H,4-8,10H2,1-3H3,(H,19,22). The zero-order valence-electron chi connectivity index (χ0n) is 14.1. The molecular weight excluding hydrogens is 308 g/mol. The Morgan fingerprint density at radius 3 is 2.70 bits per heavy atom. The van der Waals surface area contributed by atoms with Crippen LogP contribution in [0, 0.1) is 31.1 Å². The number of aromatic nitrogens is 2. The van der Waals surface area contributed by atoms with Crippen LogP contribution in [0.4, 0.5) is 0 Å². The summed E-state index contributed by atoms with van der Waals surface area (Å²) in [6.45, 7) is 6.21. The average molecular weight is 332 g/mol. The molecule has 5 nitrogen and oxygen atoms in total. The molecule has 0 spiro atoms. The van der Waals surface area contributed by atoms with E-state index in [2.05, 4.69) is 21.4 Å². The van der Waals surface area contributed by atoms with Gasteiger partial charge < -0.3 is 5.32 Å². The van der Waals surface area contributed by atoms with E-state index in [-0.39, 0.29) is 11.2 Å². The van der Waals surface area contributed by atoms with Gasteiger partial charge in [-0.05, 0) is 39.5 Å². The molecule has 23 heavy (non-hydrogen) atoms. The minimum absolute atomic E-state index is 0.0124. The van der Waals surface area contributed by atoms with Crippen molar-refractivity contribution in [2.45, 2.75) is 63.2 Å². The molecule has 6 heteroatoms. The first-order valence-electron chi connectivity index (χ1n) is 8.21. The third-order valence-electron chi connectivity index (χ3n) is 4.23. The van der Waals surface area contributed by atoms with Gasteiger partial charge >= 0.3 is 0 Å². The number of amides is 1. The lowest BCUT2D eigenvalue weighted by molar-refractivity contribution is -0.120. The van der Waals surface area contributed by atoms with Gasteiger partial charge in [0.25, 0.3) is 0 Å². The zero-order chi connectivity index (χ0) is 16.8. The van der Waals surface area contributed by atoms with Gasteiger partial charge in [-0.25, -0.2) is 9.97 Å². The normalized spacial score (nSPS) is 16.6. The van der Waals surface area contributed by atoms with Crippen LogP contribution < -0.4 is 5.32 Å². The smallest absolute Gasteiger partial charge is 0.233 e. The van der Waals surface area contributed by atoms with Crippen LogP contribution in [0.15, 0.2) is 5.03 Å². The molecule has 1 atom stereocenters. The molecule has 124 valence electrons. The first kappa shape index (κ1) is 17.7. The first-order chi connectivity index (χ1) is 11.0. The van der Waals surface area contributed by atoms with E-state index in [1.165, 1.54) is 43.9 Å². The molecule has 0 saturated heterocycles. The van der Waals surface area contributed by atoms with Crippen molar-refractivity contribution >= 4 is 17.7 Å². The van der Waals surface area contributed by atoms with Gasteiger partial charge in [0, 0.05) is 6.54 Å². The molecule has 0 radical (unpaired) electrons. The van der Waals surface area contributed by atoms with E-state index in [1.807, 2.05) is 6.92 Å². The fourth-order valence-corrected chi connectivity index (χ4v) is 3.92. The predicted octanol–water partition coefficient (Wildman–Crippen LogP) is 3.14. The first-order valence-corrected chi connectivity index (χ1v) is 9.09. The second-order valence-electron chi connectivity index (χ2n) is 6.16. The molecule has 0 bridgehead atoms. The molecule has 1 N–H and O–H groups in total. The van der Waals surface area contributed by atoms with Crippen LogP contribution in [0.2, 0.25) is 0 Å². The van der Waals surface area contributed by atoms with E-state index in [0.29, 0.717) is 28.0 Å². The van der Waals surface area contributed by atoms with Crippen LogP contribution in [0.25, 0.3) is 0 Å². The third-order valence-corrected chi connectivity index (χ3v) is 5.31. The van der Waals surface area contributed by atoms with E-state index in [4.69, 9.17) is 0 Å². The Labute approximate surface area is 142 Å². The average Bonchev–Trinajstić information content (AvgIpc) is 2.53. The number of carbonyl (C=O) groups is 1. The van der Waals surface area contributed by atoms with Gasteiger partial charge in [-0.2, -0.15) is 5.26 Å². The molecule has 0 aromatic carbocycles. The molecule has 1 aromatic heterocycles. The summed E-state index contributed by atoms with van der Waals surface area (Å²) in [6.07, 6.45) is 6.29. The maximum absolute atomic E-state index is 12.3. The number of rotatable bonds is 5. The van der Waals surface area contributed by atoms with Gasteiger partial charge in [-0.15, -0.1) is 0 Å². The SMILES string of the molecule is Cc1nc(C)c(C#N)c(SC(C)C(=O)NCC2CCCCC2)n1. The fourth-order valence-electron chi connectivity index (χ4n) is 2.90. The third kappa shape index (κ3) is 4.93. The number of aryl methyl sites for hydroxylation is 2. The monoisotopic (exact) mass is 332 g/mol. The minimum Gasteiger partial charge on any atom is -0.355 e. The van der Waals surface area contributed by atoms with Crippen LogP contribution in [0.1, 0.15) is 56.1 Å². The number of nitrogens with one attached hydrogen (secondary N) is 1. The Hall–Kier alpha value is -1.61. The number of nitrogens with zero attached hydrogens (tertiary/aromatic N) is 3. The van der Waals surface area contributed by atoms with Crippen LogP contribution in [-0.4, -0.2) is 27.7 Å². The lowest BCUT2D eigenvalue weighted by Gasteiger charge is -2.22. The highest BCUT2D eigenvalue weighted by Crippen LogP contribution is 2.27. The summed E-state index contributed by atoms with van der Waals surface area (Å²) in [4.78, 5) is 20.8. The predicted molar refractivity (Wildman–Crippen MR) is 91.1 cm³/mol. The lowest BCUT2D eigenvalue weighted by atomic mass is 9.89. The van der Waals surface area contributed by atoms with Crippen molar-refractivity contribution in [1.82, 2.24) is 15.3 Å². The van der Waals surface area contributed by atoms with Crippen molar-refractivity contribution in [3.8, 4) is 6.07 Å². The highest BCUT2D eigenvalue weighted by atomic mass is 32.2. The molecule has 1 fully saturated rings. The summed E-state index contributed by atoms with van der Waals surface area (Å²) in [6, 6.07) is 2.14. The number of carbonyl (C=O) groups excluding carboxylic acids is 1. The molecule has 1 aliphatic carbocycles. The fraction of sp³-hybridized carbons (Fsp3) is 0.647. The van der Waals surface area contributed by atoms with Crippen LogP contribution in [0.5, 0.6) is 0 Å². The van der Waals surface area contributed by atoms with E-state index in [0.717, 1.165) is 6.54 Å². The highest BCUT2D eigenvalue weighted by molar-refractivity contribution is 8.00. The Kier molecular flexibility index (Phi) is 6.40. The van der Waals surface area contributed by atoms with Crippen LogP contribution in [-0.2, 0) is 4.79 Å². The maximum atomic E-state index is 12.3. The molecule has 1 aromatic rings. The van der Waals surface area contributed by atoms with E-state index >= 15 is 0 Å². The molecule has 1 saturated carbocycles. The maximum Gasteiger partial charge on any atom is 0.233 e. The van der Waals surface area contributed by atoms with Gasteiger partial charge in [0.2, 0.25) is 5.91 Å². The Morgan fingerprint density at radius 2 is 2.04 bits per heavy atom. The van der Waals surface area contributed by atoms with Crippen molar-refractivity contribution in [1.29, 1.82) is 5.26 Å². The lowest BCUT2D eigenvalue weighted by Crippen LogP contribution is -2.35. The van der Waals surface area contributed by atoms with Gasteiger partial charge in [-0.3, -0.25) is 4.79 Å². The summed E-state index contributed by atoms with van der Waals surface area (Å²) < 4.78 is 0. The van der Waals surface area contributed by atoms with Crippen LogP contribution in [0.3, 0.4) is 0 Å². The molecule has 1 aliphatic rings. The number of hydrogen-bond donors (Lipinski definition) is 1. The number of nitriles is 1. The van der Waals surface area contributed by atoms with Gasteiger partial charge in [0.15, 0.2) is 0 Å². The largest absolute Gasteiger partial charge is 0.355 e. The molecule has 2 rings (SSSR count). The van der Waals surface area contributed by atoms with E-state index in [9.17, 15) is 10.1 Å². The van der Waals surface area contributed by atoms with Gasteiger partial charge in [0.1, 0.15) is 22.5 Å². The van der Waals surface area contributed by atoms with Gasteiger partial charge in [-0.1, -0.05) is 31.0 Å². The van der Waals surface area contributed by atoms with Gasteiger partial charge in [0.05, 0.1) is 10.9 Å². The number of thioether (sulfide) groups is 1. The summed E-state index contributed by atoms with van der Waals surface area (Å²) in [5, 5.41) is 12.6.